The van der Waals surface area contributed by atoms with Crippen molar-refractivity contribution in [1.29, 1.82) is 5.26 Å². The molecule has 1 saturated heterocycles. The third-order valence-electron chi connectivity index (χ3n) is 3.47. The van der Waals surface area contributed by atoms with Crippen LogP contribution in [0.5, 0.6) is 0 Å². The number of rotatable bonds is 2. The molecule has 0 bridgehead atoms. The van der Waals surface area contributed by atoms with Gasteiger partial charge in [0.2, 0.25) is 0 Å². The summed E-state index contributed by atoms with van der Waals surface area (Å²) in [7, 11) is 0. The van der Waals surface area contributed by atoms with Crippen LogP contribution in [0.4, 0.5) is 0 Å². The number of hydrogen-bond donors (Lipinski definition) is 1. The Kier molecular flexibility index (Phi) is 3.99. The predicted octanol–water partition coefficient (Wildman–Crippen LogP) is 1.34. The molecule has 1 aromatic rings. The second-order valence-electron chi connectivity index (χ2n) is 4.79. The normalized spacial score (nSPS) is 18.4. The van der Waals surface area contributed by atoms with Crippen molar-refractivity contribution in [2.24, 2.45) is 0 Å². The van der Waals surface area contributed by atoms with E-state index < -0.39 is 12.0 Å². The lowest BCUT2D eigenvalue weighted by atomic mass is 10.0. The number of carbonyl (C=O) groups is 2. The van der Waals surface area contributed by atoms with Crippen molar-refractivity contribution in [1.82, 2.24) is 9.88 Å². The average molecular weight is 273 g/mol. The van der Waals surface area contributed by atoms with Crippen LogP contribution in [-0.2, 0) is 4.79 Å². The van der Waals surface area contributed by atoms with E-state index >= 15 is 0 Å². The van der Waals surface area contributed by atoms with Crippen LogP contribution < -0.4 is 0 Å². The van der Waals surface area contributed by atoms with Crippen molar-refractivity contribution in [3.8, 4) is 6.07 Å². The van der Waals surface area contributed by atoms with Crippen LogP contribution in [0.25, 0.3) is 0 Å². The molecule has 104 valence electrons. The van der Waals surface area contributed by atoms with Gasteiger partial charge in [0.1, 0.15) is 17.8 Å². The molecule has 1 aromatic heterocycles. The largest absolute Gasteiger partial charge is 0.480 e. The third kappa shape index (κ3) is 2.62. The molecule has 1 amide bonds. The molecule has 1 aliphatic heterocycles. The fourth-order valence-corrected chi connectivity index (χ4v) is 2.38. The van der Waals surface area contributed by atoms with Gasteiger partial charge in [-0.3, -0.25) is 4.79 Å². The summed E-state index contributed by atoms with van der Waals surface area (Å²) >= 11 is 0. The number of piperidine rings is 1. The number of carbonyl (C=O) groups excluding carboxylic acids is 1. The Morgan fingerprint density at radius 2 is 2.20 bits per heavy atom. The SMILES string of the molecule is Cc1nc(C(=O)N2CCCCC2C(=O)O)ccc1C#N. The Hall–Kier alpha value is -2.42. The molecule has 1 aliphatic rings. The molecule has 2 rings (SSSR count). The molecule has 20 heavy (non-hydrogen) atoms. The van der Waals surface area contributed by atoms with E-state index in [0.717, 1.165) is 12.8 Å². The van der Waals surface area contributed by atoms with Crippen LogP contribution in [0.2, 0.25) is 0 Å². The molecule has 0 radical (unpaired) electrons. The van der Waals surface area contributed by atoms with E-state index in [4.69, 9.17) is 5.26 Å². The van der Waals surface area contributed by atoms with Gasteiger partial charge in [-0.15, -0.1) is 0 Å². The van der Waals surface area contributed by atoms with Crippen molar-refractivity contribution >= 4 is 11.9 Å². The standard InChI is InChI=1S/C14H15N3O3/c1-9-10(8-15)5-6-11(16-9)13(18)17-7-3-2-4-12(17)14(19)20/h5-6,12H,2-4,7H2,1H3,(H,19,20). The molecule has 1 unspecified atom stereocenters. The molecule has 0 aromatic carbocycles. The number of likely N-dealkylation sites (tertiary alicyclic amines) is 1. The van der Waals surface area contributed by atoms with Crippen LogP contribution in [0.15, 0.2) is 12.1 Å². The van der Waals surface area contributed by atoms with E-state index in [1.807, 2.05) is 6.07 Å². The van der Waals surface area contributed by atoms with Crippen molar-refractivity contribution in [3.63, 3.8) is 0 Å². The van der Waals surface area contributed by atoms with Gasteiger partial charge in [0, 0.05) is 6.54 Å². The first kappa shape index (κ1) is 14.0. The molecule has 0 aliphatic carbocycles. The molecule has 1 fully saturated rings. The van der Waals surface area contributed by atoms with Crippen LogP contribution in [0.1, 0.15) is 41.0 Å². The maximum Gasteiger partial charge on any atom is 0.326 e. The third-order valence-corrected chi connectivity index (χ3v) is 3.47. The number of nitriles is 1. The van der Waals surface area contributed by atoms with Gasteiger partial charge in [-0.2, -0.15) is 5.26 Å². The Morgan fingerprint density at radius 3 is 2.80 bits per heavy atom. The van der Waals surface area contributed by atoms with Crippen LogP contribution in [0, 0.1) is 18.3 Å². The minimum atomic E-state index is -0.983. The Bertz CT molecular complexity index is 592. The minimum absolute atomic E-state index is 0.189. The van der Waals surface area contributed by atoms with Crippen LogP contribution in [-0.4, -0.2) is 39.5 Å². The van der Waals surface area contributed by atoms with Gasteiger partial charge in [0.05, 0.1) is 11.3 Å². The Labute approximate surface area is 116 Å². The lowest BCUT2D eigenvalue weighted by Crippen LogP contribution is -2.48. The Morgan fingerprint density at radius 1 is 1.45 bits per heavy atom. The summed E-state index contributed by atoms with van der Waals surface area (Å²) in [5, 5.41) is 18.0. The first-order valence-corrected chi connectivity index (χ1v) is 6.46. The van der Waals surface area contributed by atoms with Gasteiger partial charge in [-0.1, -0.05) is 0 Å². The number of pyridine rings is 1. The van der Waals surface area contributed by atoms with Gasteiger partial charge in [0.25, 0.3) is 5.91 Å². The van der Waals surface area contributed by atoms with Crippen molar-refractivity contribution < 1.29 is 14.7 Å². The highest BCUT2D eigenvalue weighted by atomic mass is 16.4. The van der Waals surface area contributed by atoms with Gasteiger partial charge >= 0.3 is 5.97 Å². The van der Waals surface area contributed by atoms with E-state index in [9.17, 15) is 14.7 Å². The zero-order valence-electron chi connectivity index (χ0n) is 11.2. The number of hydrogen-bond acceptors (Lipinski definition) is 4. The van der Waals surface area contributed by atoms with Crippen molar-refractivity contribution in [3.05, 3.63) is 29.1 Å². The summed E-state index contributed by atoms with van der Waals surface area (Å²) in [4.78, 5) is 29.1. The predicted molar refractivity (Wildman–Crippen MR) is 70.0 cm³/mol. The average Bonchev–Trinajstić information content (AvgIpc) is 2.46. The highest BCUT2D eigenvalue weighted by molar-refractivity contribution is 5.95. The summed E-state index contributed by atoms with van der Waals surface area (Å²) in [6, 6.07) is 4.21. The highest BCUT2D eigenvalue weighted by Gasteiger charge is 2.33. The van der Waals surface area contributed by atoms with Crippen LogP contribution in [0.3, 0.4) is 0 Å². The number of carboxylic acid groups (broad SMARTS) is 1. The fourth-order valence-electron chi connectivity index (χ4n) is 2.38. The molecular weight excluding hydrogens is 258 g/mol. The van der Waals surface area contributed by atoms with E-state index in [0.29, 0.717) is 24.2 Å². The number of aryl methyl sites for hydroxylation is 1. The molecule has 0 saturated carbocycles. The number of aromatic nitrogens is 1. The van der Waals surface area contributed by atoms with E-state index in [2.05, 4.69) is 4.98 Å². The maximum atomic E-state index is 12.4. The van der Waals surface area contributed by atoms with Gasteiger partial charge in [-0.25, -0.2) is 9.78 Å². The summed E-state index contributed by atoms with van der Waals surface area (Å²) in [5.41, 5.74) is 1.08. The summed E-state index contributed by atoms with van der Waals surface area (Å²) < 4.78 is 0. The first-order valence-electron chi connectivity index (χ1n) is 6.46. The monoisotopic (exact) mass is 273 g/mol. The number of carboxylic acids is 1. The second-order valence-corrected chi connectivity index (χ2v) is 4.79. The van der Waals surface area contributed by atoms with Crippen LogP contribution >= 0.6 is 0 Å². The van der Waals surface area contributed by atoms with Gasteiger partial charge < -0.3 is 10.0 Å². The highest BCUT2D eigenvalue weighted by Crippen LogP contribution is 2.20. The van der Waals surface area contributed by atoms with Gasteiger partial charge in [-0.05, 0) is 38.3 Å². The molecule has 6 nitrogen and oxygen atoms in total. The molecule has 0 spiro atoms. The van der Waals surface area contributed by atoms with Crippen molar-refractivity contribution in [2.75, 3.05) is 6.54 Å². The summed E-state index contributed by atoms with van der Waals surface area (Å²) in [5.74, 6) is -1.37. The molecule has 1 atom stereocenters. The van der Waals surface area contributed by atoms with E-state index in [1.165, 1.54) is 17.0 Å². The lowest BCUT2D eigenvalue weighted by molar-refractivity contribution is -0.143. The summed E-state index contributed by atoms with van der Waals surface area (Å²) in [6.07, 6.45) is 2.07. The number of nitrogens with zero attached hydrogens (tertiary/aromatic N) is 3. The summed E-state index contributed by atoms with van der Waals surface area (Å²) in [6.45, 7) is 2.08. The smallest absolute Gasteiger partial charge is 0.326 e. The maximum absolute atomic E-state index is 12.4. The van der Waals surface area contributed by atoms with E-state index in [-0.39, 0.29) is 11.6 Å². The zero-order chi connectivity index (χ0) is 14.7. The quantitative estimate of drug-likeness (QED) is 0.877. The molecule has 1 N–H and O–H groups in total. The number of amides is 1. The van der Waals surface area contributed by atoms with E-state index in [1.54, 1.807) is 6.92 Å². The minimum Gasteiger partial charge on any atom is -0.480 e. The molecular formula is C14H15N3O3. The fraction of sp³-hybridized carbons (Fsp3) is 0.429. The first-order chi connectivity index (χ1) is 9.54. The number of aliphatic carboxylic acids is 1. The molecule has 6 heteroatoms. The van der Waals surface area contributed by atoms with Crippen molar-refractivity contribution in [2.45, 2.75) is 32.2 Å². The topological polar surface area (TPSA) is 94.3 Å². The zero-order valence-corrected chi connectivity index (χ0v) is 11.2. The lowest BCUT2D eigenvalue weighted by Gasteiger charge is -2.32. The Balaban J connectivity index is 2.28. The second kappa shape index (κ2) is 5.70. The molecule has 2 heterocycles. The van der Waals surface area contributed by atoms with Gasteiger partial charge in [0.15, 0.2) is 0 Å².